The molecule has 1 atom stereocenters. The maximum atomic E-state index is 5.99. The highest BCUT2D eigenvalue weighted by Crippen LogP contribution is 2.20. The van der Waals surface area contributed by atoms with Gasteiger partial charge in [-0.15, -0.1) is 6.58 Å². The summed E-state index contributed by atoms with van der Waals surface area (Å²) in [4.78, 5) is 3.97. The number of halogens is 1. The molecule has 2 aromatic rings. The summed E-state index contributed by atoms with van der Waals surface area (Å²) in [6, 6.07) is 10.6. The number of rotatable bonds is 7. The van der Waals surface area contributed by atoms with E-state index in [9.17, 15) is 0 Å². The number of aromatic nitrogens is 3. The Hall–Kier alpha value is -1.39. The maximum absolute atomic E-state index is 5.99. The quantitative estimate of drug-likeness (QED) is 0.579. The average Bonchev–Trinajstić information content (AvgIpc) is 2.93. The minimum Gasteiger partial charge on any atom is -0.253 e. The highest BCUT2D eigenvalue weighted by molar-refractivity contribution is 6.91. The van der Waals surface area contributed by atoms with E-state index >= 15 is 0 Å². The Balaban J connectivity index is 2.04. The van der Waals surface area contributed by atoms with E-state index < -0.39 is 8.07 Å². The molecule has 0 amide bonds. The SMILES string of the molecule is C=CC[Si](C)(CCCn1cncn1)c1ccc(Cl)cc1. The summed E-state index contributed by atoms with van der Waals surface area (Å²) < 4.78 is 1.89. The van der Waals surface area contributed by atoms with E-state index in [1.165, 1.54) is 11.2 Å². The molecule has 1 aromatic heterocycles. The first kappa shape index (κ1) is 15.0. The third kappa shape index (κ3) is 3.80. The monoisotopic (exact) mass is 305 g/mol. The smallest absolute Gasteiger partial charge is 0.137 e. The van der Waals surface area contributed by atoms with Crippen LogP contribution in [0.5, 0.6) is 0 Å². The molecule has 1 aromatic carbocycles. The minimum atomic E-state index is -1.52. The Kier molecular flexibility index (Phi) is 5.15. The maximum Gasteiger partial charge on any atom is 0.137 e. The fraction of sp³-hybridized carbons (Fsp3) is 0.333. The highest BCUT2D eigenvalue weighted by Gasteiger charge is 2.27. The second-order valence-corrected chi connectivity index (χ2v) is 10.4. The van der Waals surface area contributed by atoms with Crippen LogP contribution in [-0.4, -0.2) is 22.8 Å². The molecule has 20 heavy (non-hydrogen) atoms. The Morgan fingerprint density at radius 2 is 2.10 bits per heavy atom. The lowest BCUT2D eigenvalue weighted by molar-refractivity contribution is 0.598. The third-order valence-corrected chi connectivity index (χ3v) is 8.34. The zero-order valence-corrected chi connectivity index (χ0v) is 13.6. The summed E-state index contributed by atoms with van der Waals surface area (Å²) in [5.41, 5.74) is 0. The molecule has 0 aliphatic heterocycles. The molecule has 0 spiro atoms. The van der Waals surface area contributed by atoms with E-state index in [2.05, 4.69) is 41.4 Å². The number of hydrogen-bond acceptors (Lipinski definition) is 2. The van der Waals surface area contributed by atoms with Crippen molar-refractivity contribution < 1.29 is 0 Å². The molecule has 1 unspecified atom stereocenters. The zero-order valence-electron chi connectivity index (χ0n) is 11.8. The van der Waals surface area contributed by atoms with Crippen LogP contribution in [0.1, 0.15) is 6.42 Å². The second kappa shape index (κ2) is 6.86. The van der Waals surface area contributed by atoms with Crippen molar-refractivity contribution in [3.63, 3.8) is 0 Å². The van der Waals surface area contributed by atoms with Crippen LogP contribution < -0.4 is 5.19 Å². The van der Waals surface area contributed by atoms with Gasteiger partial charge in [0.2, 0.25) is 0 Å². The first-order valence-corrected chi connectivity index (χ1v) is 10.1. The second-order valence-electron chi connectivity index (χ2n) is 5.32. The number of hydrogen-bond donors (Lipinski definition) is 0. The van der Waals surface area contributed by atoms with E-state index in [0.29, 0.717) is 0 Å². The molecule has 0 N–H and O–H groups in total. The lowest BCUT2D eigenvalue weighted by Gasteiger charge is -2.27. The number of allylic oxidation sites excluding steroid dienone is 1. The normalized spacial score (nSPS) is 13.9. The number of benzene rings is 1. The van der Waals surface area contributed by atoms with Crippen molar-refractivity contribution in [3.8, 4) is 0 Å². The van der Waals surface area contributed by atoms with Crippen LogP contribution in [0.15, 0.2) is 49.6 Å². The lowest BCUT2D eigenvalue weighted by Crippen LogP contribution is -2.44. The van der Waals surface area contributed by atoms with Crippen LogP contribution in [0.2, 0.25) is 23.7 Å². The molecule has 0 radical (unpaired) electrons. The van der Waals surface area contributed by atoms with E-state index in [1.54, 1.807) is 12.7 Å². The molecule has 1 heterocycles. The van der Waals surface area contributed by atoms with Crippen LogP contribution in [0, 0.1) is 0 Å². The summed E-state index contributed by atoms with van der Waals surface area (Å²) in [7, 11) is -1.52. The predicted octanol–water partition coefficient (Wildman–Crippen LogP) is 3.49. The Morgan fingerprint density at radius 1 is 1.35 bits per heavy atom. The van der Waals surface area contributed by atoms with Crippen molar-refractivity contribution in [1.82, 2.24) is 14.8 Å². The molecule has 2 rings (SSSR count). The molecule has 0 saturated heterocycles. The summed E-state index contributed by atoms with van der Waals surface area (Å²) in [5.74, 6) is 0. The van der Waals surface area contributed by atoms with Crippen LogP contribution in [-0.2, 0) is 6.54 Å². The van der Waals surface area contributed by atoms with Gasteiger partial charge in [0, 0.05) is 11.6 Å². The Labute approximate surface area is 126 Å². The van der Waals surface area contributed by atoms with Gasteiger partial charge in [-0.2, -0.15) is 5.10 Å². The molecule has 106 valence electrons. The van der Waals surface area contributed by atoms with Gasteiger partial charge in [-0.1, -0.05) is 47.6 Å². The molecule has 0 aliphatic rings. The van der Waals surface area contributed by atoms with Crippen molar-refractivity contribution in [2.75, 3.05) is 0 Å². The minimum absolute atomic E-state index is 0.798. The van der Waals surface area contributed by atoms with Crippen molar-refractivity contribution in [2.45, 2.75) is 31.6 Å². The lowest BCUT2D eigenvalue weighted by atomic mass is 10.4. The molecule has 0 aliphatic carbocycles. The molecular weight excluding hydrogens is 286 g/mol. The average molecular weight is 306 g/mol. The van der Waals surface area contributed by atoms with Crippen molar-refractivity contribution >= 4 is 24.9 Å². The van der Waals surface area contributed by atoms with Gasteiger partial charge < -0.3 is 0 Å². The topological polar surface area (TPSA) is 30.7 Å². The van der Waals surface area contributed by atoms with E-state index in [0.717, 1.165) is 24.0 Å². The third-order valence-electron chi connectivity index (χ3n) is 3.72. The molecule has 5 heteroatoms. The van der Waals surface area contributed by atoms with Gasteiger partial charge in [0.15, 0.2) is 0 Å². The van der Waals surface area contributed by atoms with Crippen molar-refractivity contribution in [1.29, 1.82) is 0 Å². The van der Waals surface area contributed by atoms with Gasteiger partial charge in [0.05, 0.1) is 8.07 Å². The summed E-state index contributed by atoms with van der Waals surface area (Å²) in [6.07, 6.45) is 6.52. The Morgan fingerprint density at radius 3 is 2.70 bits per heavy atom. The van der Waals surface area contributed by atoms with E-state index in [4.69, 9.17) is 11.6 Å². The first-order valence-electron chi connectivity index (χ1n) is 6.83. The first-order chi connectivity index (χ1) is 9.64. The largest absolute Gasteiger partial charge is 0.253 e. The zero-order chi connectivity index (χ0) is 14.4. The van der Waals surface area contributed by atoms with E-state index in [1.807, 2.05) is 16.8 Å². The molecule has 0 fully saturated rings. The molecular formula is C15H20ClN3Si. The van der Waals surface area contributed by atoms with Crippen LogP contribution >= 0.6 is 11.6 Å². The van der Waals surface area contributed by atoms with Crippen LogP contribution in [0.4, 0.5) is 0 Å². The van der Waals surface area contributed by atoms with Crippen LogP contribution in [0.3, 0.4) is 0 Å². The molecule has 0 saturated carbocycles. The van der Waals surface area contributed by atoms with Crippen molar-refractivity contribution in [2.24, 2.45) is 0 Å². The van der Waals surface area contributed by atoms with Gasteiger partial charge >= 0.3 is 0 Å². The van der Waals surface area contributed by atoms with Gasteiger partial charge in [-0.3, -0.25) is 4.68 Å². The van der Waals surface area contributed by atoms with E-state index in [-0.39, 0.29) is 0 Å². The van der Waals surface area contributed by atoms with Gasteiger partial charge in [-0.05, 0) is 24.6 Å². The fourth-order valence-electron chi connectivity index (χ4n) is 2.51. The highest BCUT2D eigenvalue weighted by atomic mass is 35.5. The van der Waals surface area contributed by atoms with Gasteiger partial charge in [-0.25, -0.2) is 4.98 Å². The summed E-state index contributed by atoms with van der Waals surface area (Å²) in [6.45, 7) is 7.27. The van der Waals surface area contributed by atoms with Crippen molar-refractivity contribution in [3.05, 3.63) is 54.6 Å². The van der Waals surface area contributed by atoms with Gasteiger partial charge in [0.1, 0.15) is 12.7 Å². The molecule has 3 nitrogen and oxygen atoms in total. The predicted molar refractivity (Wildman–Crippen MR) is 87.2 cm³/mol. The standard InChI is InChI=1S/C15H20ClN3Si/c1-3-10-20(2,15-7-5-14(16)6-8-15)11-4-9-19-13-17-12-18-19/h3,5-8,12-13H,1,4,9-11H2,2H3. The fourth-order valence-corrected chi connectivity index (χ4v) is 5.92. The summed E-state index contributed by atoms with van der Waals surface area (Å²) in [5, 5.41) is 6.39. The summed E-state index contributed by atoms with van der Waals surface area (Å²) >= 11 is 5.99. The van der Waals surface area contributed by atoms with Gasteiger partial charge in [0.25, 0.3) is 0 Å². The number of aryl methyl sites for hydroxylation is 1. The Bertz CT molecular complexity index is 539. The van der Waals surface area contributed by atoms with Crippen LogP contribution in [0.25, 0.3) is 0 Å². The molecule has 0 bridgehead atoms. The number of nitrogens with zero attached hydrogens (tertiary/aromatic N) is 3.